The predicted octanol–water partition coefficient (Wildman–Crippen LogP) is 1.72. The fourth-order valence-corrected chi connectivity index (χ4v) is 3.08. The zero-order valence-electron chi connectivity index (χ0n) is 13.9. The first-order valence-corrected chi connectivity index (χ1v) is 8.50. The Hall–Kier alpha value is -2.45. The van der Waals surface area contributed by atoms with Crippen LogP contribution in [0.2, 0.25) is 5.02 Å². The molecule has 0 saturated carbocycles. The normalized spacial score (nSPS) is 15.2. The maximum absolute atomic E-state index is 13.9. The Morgan fingerprint density at radius 3 is 2.58 bits per heavy atom. The molecule has 1 aliphatic rings. The van der Waals surface area contributed by atoms with Crippen molar-refractivity contribution in [3.63, 3.8) is 0 Å². The minimum atomic E-state index is -1.08. The molecule has 7 nitrogen and oxygen atoms in total. The number of carboxylic acids is 1. The van der Waals surface area contributed by atoms with E-state index >= 15 is 0 Å². The largest absolute Gasteiger partial charge is 0.478 e. The summed E-state index contributed by atoms with van der Waals surface area (Å²) >= 11 is 6.06. The summed E-state index contributed by atoms with van der Waals surface area (Å²) in [5, 5.41) is 13.2. The molecule has 0 unspecified atom stereocenters. The van der Waals surface area contributed by atoms with Gasteiger partial charge in [0, 0.05) is 49.5 Å². The van der Waals surface area contributed by atoms with Crippen molar-refractivity contribution >= 4 is 23.5 Å². The minimum Gasteiger partial charge on any atom is -0.478 e. The van der Waals surface area contributed by atoms with Gasteiger partial charge in [0.05, 0.1) is 11.8 Å². The van der Waals surface area contributed by atoms with Crippen molar-refractivity contribution in [1.82, 2.24) is 19.6 Å². The number of aromatic carboxylic acids is 1. The molecule has 3 rings (SSSR count). The highest BCUT2D eigenvalue weighted by Gasteiger charge is 2.23. The number of rotatable bonds is 5. The Kier molecular flexibility index (Phi) is 5.53. The van der Waals surface area contributed by atoms with Gasteiger partial charge in [-0.15, -0.1) is 0 Å². The molecule has 0 radical (unpaired) electrons. The van der Waals surface area contributed by atoms with Crippen LogP contribution in [0.25, 0.3) is 0 Å². The molecule has 9 heteroatoms. The van der Waals surface area contributed by atoms with Crippen LogP contribution < -0.4 is 0 Å². The number of benzene rings is 1. The molecule has 1 aromatic carbocycles. The molecule has 26 heavy (non-hydrogen) atoms. The number of halogens is 2. The molecule has 1 saturated heterocycles. The second-order valence-corrected chi connectivity index (χ2v) is 6.50. The van der Waals surface area contributed by atoms with E-state index in [1.54, 1.807) is 17.0 Å². The third kappa shape index (κ3) is 4.20. The Balaban J connectivity index is 1.53. The van der Waals surface area contributed by atoms with E-state index in [2.05, 4.69) is 5.10 Å². The van der Waals surface area contributed by atoms with E-state index in [1.807, 2.05) is 4.90 Å². The van der Waals surface area contributed by atoms with Crippen LogP contribution in [0.3, 0.4) is 0 Å². The van der Waals surface area contributed by atoms with Gasteiger partial charge in [-0.1, -0.05) is 17.7 Å². The lowest BCUT2D eigenvalue weighted by Gasteiger charge is -2.35. The van der Waals surface area contributed by atoms with Gasteiger partial charge in [-0.05, 0) is 12.1 Å². The smallest absolute Gasteiger partial charge is 0.338 e. The maximum Gasteiger partial charge on any atom is 0.338 e. The molecule has 1 aromatic heterocycles. The SMILES string of the molecule is O=C(O)c1cnn(CC(=O)N2CCN(Cc3c(F)cccc3Cl)CC2)c1. The van der Waals surface area contributed by atoms with Crippen molar-refractivity contribution in [1.29, 1.82) is 0 Å². The number of hydrogen-bond acceptors (Lipinski definition) is 4. The predicted molar refractivity (Wildman–Crippen MR) is 92.5 cm³/mol. The average Bonchev–Trinajstić information content (AvgIpc) is 3.07. The van der Waals surface area contributed by atoms with Gasteiger partial charge in [0.2, 0.25) is 5.91 Å². The molecule has 1 aliphatic heterocycles. The third-order valence-corrected chi connectivity index (χ3v) is 4.70. The van der Waals surface area contributed by atoms with Crippen LogP contribution in [-0.2, 0) is 17.9 Å². The fraction of sp³-hybridized carbons (Fsp3) is 0.353. The van der Waals surface area contributed by atoms with Crippen molar-refractivity contribution < 1.29 is 19.1 Å². The molecule has 0 atom stereocenters. The summed E-state index contributed by atoms with van der Waals surface area (Å²) in [5.41, 5.74) is 0.510. The Morgan fingerprint density at radius 2 is 1.96 bits per heavy atom. The number of piperazine rings is 1. The van der Waals surface area contributed by atoms with Crippen LogP contribution in [0, 0.1) is 5.82 Å². The number of aromatic nitrogens is 2. The van der Waals surface area contributed by atoms with Crippen LogP contribution in [0.1, 0.15) is 15.9 Å². The van der Waals surface area contributed by atoms with Crippen LogP contribution in [0.5, 0.6) is 0 Å². The van der Waals surface area contributed by atoms with Gasteiger partial charge in [-0.25, -0.2) is 9.18 Å². The number of amides is 1. The number of hydrogen-bond donors (Lipinski definition) is 1. The molecule has 1 fully saturated rings. The van der Waals surface area contributed by atoms with Crippen LogP contribution in [0.4, 0.5) is 4.39 Å². The van der Waals surface area contributed by atoms with Gasteiger partial charge in [0.25, 0.3) is 0 Å². The lowest BCUT2D eigenvalue weighted by molar-refractivity contribution is -0.133. The number of carbonyl (C=O) groups is 2. The summed E-state index contributed by atoms with van der Waals surface area (Å²) < 4.78 is 15.2. The van der Waals surface area contributed by atoms with E-state index < -0.39 is 5.97 Å². The van der Waals surface area contributed by atoms with Gasteiger partial charge >= 0.3 is 5.97 Å². The Labute approximate surface area is 154 Å². The zero-order chi connectivity index (χ0) is 18.7. The van der Waals surface area contributed by atoms with Crippen molar-refractivity contribution in [3.05, 3.63) is 52.6 Å². The molecular formula is C17H18ClFN4O3. The molecule has 0 aliphatic carbocycles. The Morgan fingerprint density at radius 1 is 1.23 bits per heavy atom. The van der Waals surface area contributed by atoms with Crippen molar-refractivity contribution in [2.75, 3.05) is 26.2 Å². The first kappa shape index (κ1) is 18.3. The zero-order valence-corrected chi connectivity index (χ0v) is 14.7. The van der Waals surface area contributed by atoms with Crippen molar-refractivity contribution in [3.8, 4) is 0 Å². The highest BCUT2D eigenvalue weighted by molar-refractivity contribution is 6.31. The number of carboxylic acid groups (broad SMARTS) is 1. The summed E-state index contributed by atoms with van der Waals surface area (Å²) in [6, 6.07) is 4.62. The van der Waals surface area contributed by atoms with E-state index in [-0.39, 0.29) is 23.8 Å². The first-order valence-electron chi connectivity index (χ1n) is 8.13. The monoisotopic (exact) mass is 380 g/mol. The molecule has 138 valence electrons. The third-order valence-electron chi connectivity index (χ3n) is 4.35. The minimum absolute atomic E-state index is 0.00752. The van der Waals surface area contributed by atoms with Crippen LogP contribution in [-0.4, -0.2) is 62.7 Å². The highest BCUT2D eigenvalue weighted by Crippen LogP contribution is 2.21. The van der Waals surface area contributed by atoms with E-state index in [9.17, 15) is 14.0 Å². The molecule has 0 spiro atoms. The highest BCUT2D eigenvalue weighted by atomic mass is 35.5. The van der Waals surface area contributed by atoms with Crippen LogP contribution >= 0.6 is 11.6 Å². The quantitative estimate of drug-likeness (QED) is 0.854. The van der Waals surface area contributed by atoms with E-state index in [4.69, 9.17) is 16.7 Å². The maximum atomic E-state index is 13.9. The Bertz CT molecular complexity index is 798. The molecule has 2 heterocycles. The lowest BCUT2D eigenvalue weighted by atomic mass is 10.2. The first-order chi connectivity index (χ1) is 12.4. The summed E-state index contributed by atoms with van der Waals surface area (Å²) in [6.07, 6.45) is 2.54. The molecule has 1 amide bonds. The fourth-order valence-electron chi connectivity index (χ4n) is 2.86. The van der Waals surface area contributed by atoms with E-state index in [0.29, 0.717) is 43.3 Å². The van der Waals surface area contributed by atoms with Gasteiger partial charge in [-0.2, -0.15) is 5.10 Å². The summed E-state index contributed by atoms with van der Waals surface area (Å²) in [7, 11) is 0. The molecular weight excluding hydrogens is 363 g/mol. The second kappa shape index (κ2) is 7.84. The van der Waals surface area contributed by atoms with Gasteiger partial charge < -0.3 is 10.0 Å². The molecule has 0 bridgehead atoms. The van der Waals surface area contributed by atoms with E-state index in [0.717, 1.165) is 0 Å². The van der Waals surface area contributed by atoms with Gasteiger partial charge in [-0.3, -0.25) is 14.4 Å². The molecule has 1 N–H and O–H groups in total. The van der Waals surface area contributed by atoms with Crippen molar-refractivity contribution in [2.24, 2.45) is 0 Å². The summed E-state index contributed by atoms with van der Waals surface area (Å²) in [4.78, 5) is 26.9. The summed E-state index contributed by atoms with van der Waals surface area (Å²) in [5.74, 6) is -1.54. The second-order valence-electron chi connectivity index (χ2n) is 6.09. The topological polar surface area (TPSA) is 78.7 Å². The molecule has 2 aromatic rings. The standard InChI is InChI=1S/C17H18ClFN4O3/c18-14-2-1-3-15(19)13(14)10-21-4-6-22(7-5-21)16(24)11-23-9-12(8-20-23)17(25)26/h1-3,8-9H,4-7,10-11H2,(H,25,26). The lowest BCUT2D eigenvalue weighted by Crippen LogP contribution is -2.49. The van der Waals surface area contributed by atoms with Gasteiger partial charge in [0.1, 0.15) is 12.4 Å². The average molecular weight is 381 g/mol. The van der Waals surface area contributed by atoms with Crippen LogP contribution in [0.15, 0.2) is 30.6 Å². The number of nitrogens with zero attached hydrogens (tertiary/aromatic N) is 4. The van der Waals surface area contributed by atoms with Gasteiger partial charge in [0.15, 0.2) is 0 Å². The number of carbonyl (C=O) groups excluding carboxylic acids is 1. The van der Waals surface area contributed by atoms with E-state index in [1.165, 1.54) is 23.1 Å². The van der Waals surface area contributed by atoms with Crippen molar-refractivity contribution in [2.45, 2.75) is 13.1 Å². The summed E-state index contributed by atoms with van der Waals surface area (Å²) in [6.45, 7) is 2.63.